The van der Waals surface area contributed by atoms with E-state index in [1.54, 1.807) is 43.3 Å². The van der Waals surface area contributed by atoms with Crippen LogP contribution in [0.1, 0.15) is 6.92 Å². The van der Waals surface area contributed by atoms with E-state index in [4.69, 9.17) is 20.8 Å². The Bertz CT molecular complexity index is 954. The van der Waals surface area contributed by atoms with Crippen molar-refractivity contribution >= 4 is 34.2 Å². The first-order valence-electron chi connectivity index (χ1n) is 7.15. The number of fused-ring (bicyclic) bond motifs is 1. The summed E-state index contributed by atoms with van der Waals surface area (Å²) in [6.45, 7) is 1.60. The Balaban J connectivity index is 1.74. The van der Waals surface area contributed by atoms with Gasteiger partial charge in [-0.15, -0.1) is 0 Å². The van der Waals surface area contributed by atoms with Crippen molar-refractivity contribution < 1.29 is 13.9 Å². The molecule has 0 radical (unpaired) electrons. The molecule has 2 heterocycles. The molecule has 24 heavy (non-hydrogen) atoms. The quantitative estimate of drug-likeness (QED) is 0.580. The van der Waals surface area contributed by atoms with Gasteiger partial charge in [0.1, 0.15) is 11.3 Å². The van der Waals surface area contributed by atoms with E-state index in [0.29, 0.717) is 17.0 Å². The lowest BCUT2D eigenvalue weighted by atomic mass is 10.2. The maximum atomic E-state index is 12.2. The highest BCUT2D eigenvalue weighted by Gasteiger charge is 2.16. The topological polar surface area (TPSA) is 81.4 Å². The maximum Gasteiger partial charge on any atom is 0.336 e. The highest BCUT2D eigenvalue weighted by atomic mass is 35.5. The number of rotatable bonds is 4. The molecule has 0 fully saturated rings. The minimum atomic E-state index is -0.783. The molecule has 1 atom stereocenters. The Morgan fingerprint density at radius 3 is 2.88 bits per heavy atom. The summed E-state index contributed by atoms with van der Waals surface area (Å²) < 4.78 is 10.7. The van der Waals surface area contributed by atoms with E-state index in [0.717, 1.165) is 5.39 Å². The van der Waals surface area contributed by atoms with Crippen LogP contribution in [0.3, 0.4) is 0 Å². The van der Waals surface area contributed by atoms with Crippen LogP contribution in [-0.2, 0) is 4.79 Å². The van der Waals surface area contributed by atoms with Gasteiger partial charge in [0.25, 0.3) is 5.91 Å². The first kappa shape index (κ1) is 16.0. The predicted octanol–water partition coefficient (Wildman–Crippen LogP) is 3.25. The van der Waals surface area contributed by atoms with Gasteiger partial charge in [-0.1, -0.05) is 11.6 Å². The first-order chi connectivity index (χ1) is 11.5. The van der Waals surface area contributed by atoms with E-state index < -0.39 is 11.7 Å². The number of carbonyl (C=O) groups excluding carboxylic acids is 1. The number of amides is 1. The molecular weight excluding hydrogens is 332 g/mol. The molecule has 0 saturated heterocycles. The van der Waals surface area contributed by atoms with Crippen molar-refractivity contribution in [3.8, 4) is 5.75 Å². The van der Waals surface area contributed by atoms with Gasteiger partial charge in [0.05, 0.1) is 5.69 Å². The van der Waals surface area contributed by atoms with Crippen LogP contribution in [0.15, 0.2) is 57.9 Å². The summed E-state index contributed by atoms with van der Waals surface area (Å²) in [6, 6.07) is 11.3. The molecule has 1 aromatic carbocycles. The summed E-state index contributed by atoms with van der Waals surface area (Å²) in [5, 5.41) is 3.61. The van der Waals surface area contributed by atoms with Crippen molar-refractivity contribution in [2.24, 2.45) is 0 Å². The molecular formula is C17H13ClN2O4. The Morgan fingerprint density at radius 2 is 2.08 bits per heavy atom. The lowest BCUT2D eigenvalue weighted by molar-refractivity contribution is -0.122. The Morgan fingerprint density at radius 1 is 1.29 bits per heavy atom. The second-order valence-electron chi connectivity index (χ2n) is 5.05. The van der Waals surface area contributed by atoms with Gasteiger partial charge in [-0.05, 0) is 37.3 Å². The molecule has 7 heteroatoms. The van der Waals surface area contributed by atoms with Crippen molar-refractivity contribution in [1.29, 1.82) is 0 Å². The SMILES string of the molecule is C[C@@H](Oc1ccc2ccc(=O)oc2c1)C(=O)Nc1cccnc1Cl. The van der Waals surface area contributed by atoms with Crippen LogP contribution in [0.4, 0.5) is 5.69 Å². The molecule has 0 spiro atoms. The summed E-state index contributed by atoms with van der Waals surface area (Å²) >= 11 is 5.90. The van der Waals surface area contributed by atoms with Crippen LogP contribution >= 0.6 is 11.6 Å². The molecule has 0 aliphatic carbocycles. The predicted molar refractivity (Wildman–Crippen MR) is 90.5 cm³/mol. The fourth-order valence-electron chi connectivity index (χ4n) is 2.09. The monoisotopic (exact) mass is 344 g/mol. The van der Waals surface area contributed by atoms with Crippen LogP contribution in [-0.4, -0.2) is 17.0 Å². The maximum absolute atomic E-state index is 12.2. The summed E-state index contributed by atoms with van der Waals surface area (Å²) in [5.41, 5.74) is 0.351. The molecule has 0 aliphatic heterocycles. The molecule has 2 aromatic heterocycles. The zero-order valence-corrected chi connectivity index (χ0v) is 13.4. The molecule has 3 aromatic rings. The molecule has 6 nitrogen and oxygen atoms in total. The van der Waals surface area contributed by atoms with E-state index in [9.17, 15) is 9.59 Å². The Labute approximate surface area is 142 Å². The van der Waals surface area contributed by atoms with Crippen LogP contribution < -0.4 is 15.7 Å². The van der Waals surface area contributed by atoms with E-state index in [1.165, 1.54) is 12.3 Å². The normalized spacial score (nSPS) is 11.9. The van der Waals surface area contributed by atoms with Gasteiger partial charge in [-0.25, -0.2) is 9.78 Å². The summed E-state index contributed by atoms with van der Waals surface area (Å²) in [7, 11) is 0. The summed E-state index contributed by atoms with van der Waals surface area (Å²) in [5.74, 6) is 0.0382. The first-order valence-corrected chi connectivity index (χ1v) is 7.53. The fourth-order valence-corrected chi connectivity index (χ4v) is 2.25. The number of hydrogen-bond donors (Lipinski definition) is 1. The number of pyridine rings is 1. The zero-order valence-electron chi connectivity index (χ0n) is 12.7. The minimum absolute atomic E-state index is 0.200. The number of carbonyl (C=O) groups is 1. The molecule has 0 unspecified atom stereocenters. The molecule has 1 amide bonds. The van der Waals surface area contributed by atoms with Crippen LogP contribution in [0.25, 0.3) is 11.0 Å². The summed E-state index contributed by atoms with van der Waals surface area (Å²) in [4.78, 5) is 27.3. The van der Waals surface area contributed by atoms with Gasteiger partial charge in [0, 0.05) is 23.7 Å². The number of nitrogens with zero attached hydrogens (tertiary/aromatic N) is 1. The van der Waals surface area contributed by atoms with Crippen molar-refractivity contribution in [2.45, 2.75) is 13.0 Å². The minimum Gasteiger partial charge on any atom is -0.481 e. The van der Waals surface area contributed by atoms with Gasteiger partial charge < -0.3 is 14.5 Å². The second-order valence-corrected chi connectivity index (χ2v) is 5.40. The van der Waals surface area contributed by atoms with E-state index in [-0.39, 0.29) is 11.1 Å². The second kappa shape index (κ2) is 6.72. The molecule has 0 saturated carbocycles. The zero-order chi connectivity index (χ0) is 17.1. The van der Waals surface area contributed by atoms with Crippen molar-refractivity contribution in [2.75, 3.05) is 5.32 Å². The average molecular weight is 345 g/mol. The van der Waals surface area contributed by atoms with Crippen LogP contribution in [0.2, 0.25) is 5.15 Å². The third kappa shape index (κ3) is 3.55. The number of hydrogen-bond acceptors (Lipinski definition) is 5. The largest absolute Gasteiger partial charge is 0.481 e. The fraction of sp³-hybridized carbons (Fsp3) is 0.118. The Kier molecular flexibility index (Phi) is 4.48. The number of aromatic nitrogens is 1. The highest BCUT2D eigenvalue weighted by Crippen LogP contribution is 2.21. The van der Waals surface area contributed by atoms with Gasteiger partial charge in [0.2, 0.25) is 0 Å². The van der Waals surface area contributed by atoms with Crippen molar-refractivity contribution in [1.82, 2.24) is 4.98 Å². The van der Waals surface area contributed by atoms with Crippen molar-refractivity contribution in [3.63, 3.8) is 0 Å². The van der Waals surface area contributed by atoms with E-state index in [2.05, 4.69) is 10.3 Å². The van der Waals surface area contributed by atoms with Crippen molar-refractivity contribution in [3.05, 3.63) is 64.2 Å². The van der Waals surface area contributed by atoms with Gasteiger partial charge in [0.15, 0.2) is 11.3 Å². The third-order valence-electron chi connectivity index (χ3n) is 3.29. The van der Waals surface area contributed by atoms with Gasteiger partial charge in [-0.3, -0.25) is 4.79 Å². The summed E-state index contributed by atoms with van der Waals surface area (Å²) in [6.07, 6.45) is 0.745. The van der Waals surface area contributed by atoms with Gasteiger partial charge in [-0.2, -0.15) is 0 Å². The van der Waals surface area contributed by atoms with E-state index >= 15 is 0 Å². The standard InChI is InChI=1S/C17H13ClN2O4/c1-10(17(22)20-13-3-2-8-19-16(13)18)23-12-6-4-11-5-7-15(21)24-14(11)9-12/h2-10H,1H3,(H,20,22)/t10-/m1/s1. The third-order valence-corrected chi connectivity index (χ3v) is 3.59. The number of anilines is 1. The van der Waals surface area contributed by atoms with Crippen LogP contribution in [0, 0.1) is 0 Å². The average Bonchev–Trinajstić information content (AvgIpc) is 2.56. The number of benzene rings is 1. The smallest absolute Gasteiger partial charge is 0.336 e. The molecule has 0 aliphatic rings. The highest BCUT2D eigenvalue weighted by molar-refractivity contribution is 6.32. The lowest BCUT2D eigenvalue weighted by Crippen LogP contribution is -2.30. The molecule has 0 bridgehead atoms. The lowest BCUT2D eigenvalue weighted by Gasteiger charge is -2.15. The molecule has 3 rings (SSSR count). The number of halogens is 1. The molecule has 122 valence electrons. The Hall–Kier alpha value is -2.86. The van der Waals surface area contributed by atoms with Gasteiger partial charge >= 0.3 is 5.63 Å². The number of nitrogens with one attached hydrogen (secondary N) is 1. The molecule has 1 N–H and O–H groups in total. The van der Waals surface area contributed by atoms with Crippen LogP contribution in [0.5, 0.6) is 5.75 Å². The number of ether oxygens (including phenoxy) is 1. The van der Waals surface area contributed by atoms with E-state index in [1.807, 2.05) is 0 Å².